The molecule has 3 atom stereocenters. The molecule has 0 aliphatic heterocycles. The van der Waals surface area contributed by atoms with E-state index in [4.69, 9.17) is 13.8 Å². The number of esters is 1. The summed E-state index contributed by atoms with van der Waals surface area (Å²) in [4.78, 5) is 37.9. The molecule has 0 aliphatic carbocycles. The van der Waals surface area contributed by atoms with Crippen LogP contribution in [0, 0.1) is 0 Å². The molecule has 10 heteroatoms. The van der Waals surface area contributed by atoms with Crippen molar-refractivity contribution < 1.29 is 37.3 Å². The third-order valence-electron chi connectivity index (χ3n) is 14.7. The van der Waals surface area contributed by atoms with Crippen molar-refractivity contribution in [3.63, 3.8) is 0 Å². The number of phosphoric acid groups is 1. The summed E-state index contributed by atoms with van der Waals surface area (Å²) in [7, 11) is 1.47. The van der Waals surface area contributed by atoms with Crippen LogP contribution in [0.1, 0.15) is 290 Å². The Balaban J connectivity index is 5.22. The fraction of sp³-hybridized carbons (Fsp3) is 0.726. The number of ether oxygens (including phenoxy) is 1. The Labute approximate surface area is 512 Å². The van der Waals surface area contributed by atoms with Crippen molar-refractivity contribution in [2.24, 2.45) is 0 Å². The van der Waals surface area contributed by atoms with Crippen molar-refractivity contribution in [2.45, 2.75) is 303 Å². The zero-order valence-electron chi connectivity index (χ0n) is 54.7. The smallest absolute Gasteiger partial charge is 0.456 e. The molecule has 0 aromatic carbocycles. The molecule has 0 aromatic heterocycles. The molecule has 0 radical (unpaired) electrons. The van der Waals surface area contributed by atoms with E-state index in [1.54, 1.807) is 0 Å². The van der Waals surface area contributed by atoms with Crippen LogP contribution in [0.15, 0.2) is 109 Å². The molecule has 83 heavy (non-hydrogen) atoms. The van der Waals surface area contributed by atoms with Gasteiger partial charge in [0.25, 0.3) is 0 Å². The number of nitrogens with zero attached hydrogens (tertiary/aromatic N) is 1. The van der Waals surface area contributed by atoms with Gasteiger partial charge in [-0.05, 0) is 115 Å². The van der Waals surface area contributed by atoms with Crippen LogP contribution >= 0.6 is 7.82 Å². The van der Waals surface area contributed by atoms with Gasteiger partial charge in [-0.15, -0.1) is 0 Å². The van der Waals surface area contributed by atoms with Crippen molar-refractivity contribution in [3.8, 4) is 0 Å². The van der Waals surface area contributed by atoms with Crippen molar-refractivity contribution in [1.82, 2.24) is 5.32 Å². The second-order valence-electron chi connectivity index (χ2n) is 24.0. The lowest BCUT2D eigenvalue weighted by molar-refractivity contribution is -0.870. The van der Waals surface area contributed by atoms with Gasteiger partial charge < -0.3 is 19.4 Å². The molecule has 0 saturated heterocycles. The normalized spacial score (nSPS) is 14.3. The number of amides is 1. The lowest BCUT2D eigenvalue weighted by Gasteiger charge is -2.27. The zero-order valence-corrected chi connectivity index (χ0v) is 55.6. The van der Waals surface area contributed by atoms with Crippen LogP contribution in [0.5, 0.6) is 0 Å². The summed E-state index contributed by atoms with van der Waals surface area (Å²) < 4.78 is 30.8. The van der Waals surface area contributed by atoms with Crippen LogP contribution in [0.2, 0.25) is 0 Å². The topological polar surface area (TPSA) is 111 Å². The van der Waals surface area contributed by atoms with Gasteiger partial charge in [-0.3, -0.25) is 18.6 Å². The highest BCUT2D eigenvalue weighted by Crippen LogP contribution is 2.43. The van der Waals surface area contributed by atoms with Crippen LogP contribution in [-0.2, 0) is 27.9 Å². The third-order valence-corrected chi connectivity index (χ3v) is 15.7. The summed E-state index contributed by atoms with van der Waals surface area (Å²) in [5.41, 5.74) is 0. The van der Waals surface area contributed by atoms with Gasteiger partial charge in [0.2, 0.25) is 5.91 Å². The molecule has 0 saturated carbocycles. The van der Waals surface area contributed by atoms with E-state index in [0.29, 0.717) is 17.4 Å². The molecule has 0 rings (SSSR count). The van der Waals surface area contributed by atoms with Crippen LogP contribution in [-0.4, -0.2) is 74.3 Å². The number of carbonyl (C=O) groups excluding carboxylic acids is 2. The Morgan fingerprint density at radius 1 is 0.434 bits per heavy atom. The first-order valence-electron chi connectivity index (χ1n) is 34.2. The molecule has 478 valence electrons. The Morgan fingerprint density at radius 2 is 0.771 bits per heavy atom. The number of carbonyl (C=O) groups is 2. The lowest BCUT2D eigenvalue weighted by atomic mass is 10.0. The van der Waals surface area contributed by atoms with E-state index in [0.717, 1.165) is 128 Å². The van der Waals surface area contributed by atoms with E-state index in [9.17, 15) is 19.0 Å². The van der Waals surface area contributed by atoms with Gasteiger partial charge in [0.1, 0.15) is 19.3 Å². The number of phosphoric ester groups is 1. The fourth-order valence-electron chi connectivity index (χ4n) is 9.44. The van der Waals surface area contributed by atoms with Crippen LogP contribution < -0.4 is 5.32 Å². The highest BCUT2D eigenvalue weighted by atomic mass is 31.2. The summed E-state index contributed by atoms with van der Waals surface area (Å²) in [5.74, 6) is -0.526. The van der Waals surface area contributed by atoms with E-state index in [1.807, 2.05) is 33.3 Å². The Morgan fingerprint density at radius 3 is 1.18 bits per heavy atom. The first-order chi connectivity index (χ1) is 40.4. The molecule has 0 heterocycles. The molecule has 0 spiro atoms. The van der Waals surface area contributed by atoms with Crippen molar-refractivity contribution >= 4 is 19.7 Å². The predicted octanol–water partition coefficient (Wildman–Crippen LogP) is 21.7. The van der Waals surface area contributed by atoms with Crippen LogP contribution in [0.3, 0.4) is 0 Å². The highest BCUT2D eigenvalue weighted by Gasteiger charge is 2.30. The minimum Gasteiger partial charge on any atom is -0.456 e. The second kappa shape index (κ2) is 61.7. The van der Waals surface area contributed by atoms with Gasteiger partial charge >= 0.3 is 13.8 Å². The lowest BCUT2D eigenvalue weighted by Crippen LogP contribution is -2.47. The molecule has 0 fully saturated rings. The van der Waals surface area contributed by atoms with E-state index in [2.05, 4.69) is 123 Å². The van der Waals surface area contributed by atoms with Gasteiger partial charge in [-0.1, -0.05) is 272 Å². The number of quaternary nitrogens is 1. The Kier molecular flexibility index (Phi) is 59.3. The minimum atomic E-state index is -4.47. The largest absolute Gasteiger partial charge is 0.472 e. The molecule has 0 aromatic rings. The number of allylic oxidation sites excluding steroid dienone is 17. The monoisotopic (exact) mass is 1180 g/mol. The van der Waals surface area contributed by atoms with Gasteiger partial charge in [0.15, 0.2) is 0 Å². The van der Waals surface area contributed by atoms with Crippen molar-refractivity contribution in [1.29, 1.82) is 0 Å². The van der Waals surface area contributed by atoms with Gasteiger partial charge in [0, 0.05) is 12.8 Å². The standard InChI is InChI=1S/C73H129N2O7P/c1-7-10-13-16-19-22-25-28-30-32-34-36-37-39-41-43-45-48-51-54-57-60-63-66-73(77)82-71(64-61-58-55-52-49-46-27-24-21-18-15-12-9-3)70(69-81-83(78,79)80-68-67-75(4,5)6)74-72(76)65-62-59-56-53-50-47-44-42-40-38-35-33-31-29-26-23-20-17-14-11-8-2/h10,13,19-20,22-23,28-31,34-36,38-39,41,61,64,70-71H,7-9,11-12,14-18,21,24-27,32-33,37,40,42-60,62-63,65-69H2,1-6H3,(H-,74,76,78,79)/p+1/b13-10-,22-19-,23-20-,30-28-,31-29-,36-34-,38-35-,41-39-,64-61+. The third kappa shape index (κ3) is 63.0. The van der Waals surface area contributed by atoms with E-state index in [1.165, 1.54) is 128 Å². The first kappa shape index (κ1) is 79.7. The van der Waals surface area contributed by atoms with E-state index >= 15 is 0 Å². The maximum absolute atomic E-state index is 13.6. The predicted molar refractivity (Wildman–Crippen MR) is 360 cm³/mol. The Hall–Kier alpha value is -3.33. The number of hydrogen-bond donors (Lipinski definition) is 2. The number of likely N-dealkylation sites (N-methyl/N-ethyl adjacent to an activating group) is 1. The van der Waals surface area contributed by atoms with Crippen LogP contribution in [0.4, 0.5) is 0 Å². The SMILES string of the molecule is CC/C=C\C/C=C\C/C=C\C/C=C\C/C=C\CCCCCCCCCC(=O)OC(/C=C/CCCCCCCCCCCCC)C(COP(=O)(O)OCC[N+](C)(C)C)NC(=O)CCCCCCCCCC/C=C\C/C=C\C/C=C\CCCCC. The number of unbranched alkanes of at least 4 members (excludes halogenated alkanes) is 29. The molecule has 0 aliphatic rings. The molecule has 2 N–H and O–H groups in total. The highest BCUT2D eigenvalue weighted by molar-refractivity contribution is 7.47. The first-order valence-corrected chi connectivity index (χ1v) is 35.7. The van der Waals surface area contributed by atoms with Gasteiger partial charge in [0.05, 0.1) is 33.8 Å². The minimum absolute atomic E-state index is 0.0317. The molecule has 3 unspecified atom stereocenters. The summed E-state index contributed by atoms with van der Waals surface area (Å²) in [6.45, 7) is 6.87. The van der Waals surface area contributed by atoms with Crippen molar-refractivity contribution in [3.05, 3.63) is 109 Å². The van der Waals surface area contributed by atoms with Gasteiger partial charge in [-0.2, -0.15) is 0 Å². The fourth-order valence-corrected chi connectivity index (χ4v) is 10.2. The summed E-state index contributed by atoms with van der Waals surface area (Å²) >= 11 is 0. The van der Waals surface area contributed by atoms with Gasteiger partial charge in [-0.25, -0.2) is 4.57 Å². The number of hydrogen-bond acceptors (Lipinski definition) is 6. The summed E-state index contributed by atoms with van der Waals surface area (Å²) in [5, 5.41) is 3.06. The zero-order chi connectivity index (χ0) is 60.7. The second-order valence-corrected chi connectivity index (χ2v) is 25.4. The Bertz CT molecular complexity index is 1790. The number of rotatable bonds is 61. The maximum atomic E-state index is 13.6. The molecular weight excluding hydrogens is 1050 g/mol. The molecule has 9 nitrogen and oxygen atoms in total. The summed E-state index contributed by atoms with van der Waals surface area (Å²) in [6, 6.07) is -0.865. The number of nitrogens with one attached hydrogen (secondary N) is 1. The quantitative estimate of drug-likeness (QED) is 0.0205. The molecule has 0 bridgehead atoms. The summed E-state index contributed by atoms with van der Waals surface area (Å²) in [6.07, 6.45) is 85.1. The van der Waals surface area contributed by atoms with E-state index < -0.39 is 20.0 Å². The average Bonchev–Trinajstić information content (AvgIpc) is 3.47. The maximum Gasteiger partial charge on any atom is 0.472 e. The molecular formula is C73H130N2O7P+. The van der Waals surface area contributed by atoms with Crippen LogP contribution in [0.25, 0.3) is 0 Å². The van der Waals surface area contributed by atoms with Crippen molar-refractivity contribution in [2.75, 3.05) is 40.9 Å². The van der Waals surface area contributed by atoms with E-state index in [-0.39, 0.29) is 31.5 Å². The average molecular weight is 1180 g/mol. The molecule has 1 amide bonds.